The van der Waals surface area contributed by atoms with Crippen molar-refractivity contribution in [1.29, 1.82) is 0 Å². The van der Waals surface area contributed by atoms with Crippen molar-refractivity contribution in [3.8, 4) is 34.3 Å². The third-order valence-electron chi connectivity index (χ3n) is 4.53. The Kier molecular flexibility index (Phi) is 7.94. The summed E-state index contributed by atoms with van der Waals surface area (Å²) in [6.45, 7) is 6.67. The lowest BCUT2D eigenvalue weighted by Crippen LogP contribution is -2.14. The van der Waals surface area contributed by atoms with Gasteiger partial charge in [0.15, 0.2) is 0 Å². The monoisotopic (exact) mass is 455 g/mol. The van der Waals surface area contributed by atoms with E-state index in [4.69, 9.17) is 19.2 Å². The van der Waals surface area contributed by atoms with E-state index in [2.05, 4.69) is 5.10 Å². The fourth-order valence-corrected chi connectivity index (χ4v) is 3.94. The Balaban J connectivity index is 2.05. The number of ether oxygens (including phenoxy) is 3. The molecule has 0 aliphatic carbocycles. The number of hydrogen-bond acceptors (Lipinski definition) is 7. The number of methoxy groups -OCH3 is 2. The van der Waals surface area contributed by atoms with Crippen LogP contribution < -0.4 is 19.0 Å². The Morgan fingerprint density at radius 3 is 2.53 bits per heavy atom. The highest BCUT2D eigenvalue weighted by Gasteiger charge is 2.14. The van der Waals surface area contributed by atoms with Gasteiger partial charge in [-0.3, -0.25) is 4.99 Å². The zero-order valence-corrected chi connectivity index (χ0v) is 19.8. The molecule has 0 aliphatic rings. The van der Waals surface area contributed by atoms with E-state index in [0.717, 1.165) is 22.5 Å². The highest BCUT2D eigenvalue weighted by Crippen LogP contribution is 2.33. The summed E-state index contributed by atoms with van der Waals surface area (Å²) in [5.74, 6) is 2.11. The topological polar surface area (TPSA) is 77.6 Å². The molecule has 170 valence electrons. The molecule has 1 heterocycles. The minimum absolute atomic E-state index is 0.101. The largest absolute Gasteiger partial charge is 0.507 e. The van der Waals surface area contributed by atoms with Gasteiger partial charge in [0.25, 0.3) is 0 Å². The molecular weight excluding hydrogens is 426 g/mol. The molecule has 0 unspecified atom stereocenters. The highest BCUT2D eigenvalue weighted by molar-refractivity contribution is 7.07. The lowest BCUT2D eigenvalue weighted by molar-refractivity contribution is 0.315. The summed E-state index contributed by atoms with van der Waals surface area (Å²) >= 11 is 1.49. The Morgan fingerprint density at radius 1 is 1.09 bits per heavy atom. The van der Waals surface area contributed by atoms with Gasteiger partial charge in [-0.25, -0.2) is 4.68 Å². The maximum absolute atomic E-state index is 10.4. The molecular formula is C24H29N3O4S. The first-order valence-electron chi connectivity index (χ1n) is 10.4. The standard InChI is InChI=1S/C24H29N3O4S/c1-6-11-31-19-8-7-17(22(28)12-19)14-25-27-21(15-32-24(27)26-16(2)3)20-10-9-18(29-4)13-23(20)30-5/h7-10,12-16,28H,6,11H2,1-5H3. The number of benzene rings is 2. The van der Waals surface area contributed by atoms with Crippen molar-refractivity contribution in [2.75, 3.05) is 20.8 Å². The molecule has 0 radical (unpaired) electrons. The summed E-state index contributed by atoms with van der Waals surface area (Å²) in [5, 5.41) is 17.1. The highest BCUT2D eigenvalue weighted by atomic mass is 32.1. The van der Waals surface area contributed by atoms with Crippen LogP contribution in [0.5, 0.6) is 23.0 Å². The van der Waals surface area contributed by atoms with Crippen molar-refractivity contribution in [3.63, 3.8) is 0 Å². The quantitative estimate of drug-likeness (QED) is 0.465. The van der Waals surface area contributed by atoms with Gasteiger partial charge in [-0.1, -0.05) is 6.92 Å². The molecule has 3 aromatic rings. The van der Waals surface area contributed by atoms with E-state index >= 15 is 0 Å². The molecule has 0 spiro atoms. The number of aromatic nitrogens is 1. The van der Waals surface area contributed by atoms with E-state index in [0.29, 0.717) is 29.4 Å². The fraction of sp³-hybridized carbons (Fsp3) is 0.333. The SMILES string of the molecule is CCCOc1ccc(C=Nn2c(-c3ccc(OC)cc3OC)csc2=NC(C)C)c(O)c1. The number of rotatable bonds is 9. The first-order valence-corrected chi connectivity index (χ1v) is 11.3. The summed E-state index contributed by atoms with van der Waals surface area (Å²) in [5.41, 5.74) is 2.27. The maximum Gasteiger partial charge on any atom is 0.206 e. The van der Waals surface area contributed by atoms with Crippen LogP contribution >= 0.6 is 11.3 Å². The third-order valence-corrected chi connectivity index (χ3v) is 5.36. The summed E-state index contributed by atoms with van der Waals surface area (Å²) < 4.78 is 18.2. The van der Waals surface area contributed by atoms with Crippen molar-refractivity contribution < 1.29 is 19.3 Å². The lowest BCUT2D eigenvalue weighted by atomic mass is 10.1. The van der Waals surface area contributed by atoms with Crippen molar-refractivity contribution in [1.82, 2.24) is 4.68 Å². The molecule has 0 aliphatic heterocycles. The van der Waals surface area contributed by atoms with Gasteiger partial charge in [0, 0.05) is 34.7 Å². The van der Waals surface area contributed by atoms with E-state index in [1.807, 2.05) is 50.4 Å². The average molecular weight is 456 g/mol. The first kappa shape index (κ1) is 23.4. The summed E-state index contributed by atoms with van der Waals surface area (Å²) in [7, 11) is 3.24. The van der Waals surface area contributed by atoms with Crippen molar-refractivity contribution >= 4 is 17.6 Å². The second kappa shape index (κ2) is 10.9. The van der Waals surface area contributed by atoms with Gasteiger partial charge in [0.05, 0.1) is 32.7 Å². The molecule has 3 rings (SSSR count). The lowest BCUT2D eigenvalue weighted by Gasteiger charge is -2.11. The van der Waals surface area contributed by atoms with Crippen LogP contribution in [-0.2, 0) is 0 Å². The number of hydrogen-bond donors (Lipinski definition) is 1. The molecule has 0 fully saturated rings. The molecule has 32 heavy (non-hydrogen) atoms. The van der Waals surface area contributed by atoms with Gasteiger partial charge in [-0.05, 0) is 44.5 Å². The minimum Gasteiger partial charge on any atom is -0.507 e. The molecule has 1 N–H and O–H groups in total. The molecule has 0 bridgehead atoms. The molecule has 2 aromatic carbocycles. The average Bonchev–Trinajstić information content (AvgIpc) is 3.17. The fourth-order valence-electron chi connectivity index (χ4n) is 2.98. The van der Waals surface area contributed by atoms with Gasteiger partial charge >= 0.3 is 0 Å². The second-order valence-electron chi connectivity index (χ2n) is 7.32. The first-order chi connectivity index (χ1) is 15.5. The van der Waals surface area contributed by atoms with Crippen molar-refractivity contribution in [2.24, 2.45) is 10.1 Å². The van der Waals surface area contributed by atoms with Crippen LogP contribution in [0.15, 0.2) is 51.9 Å². The number of nitrogens with zero attached hydrogens (tertiary/aromatic N) is 3. The summed E-state index contributed by atoms with van der Waals surface area (Å²) in [4.78, 5) is 5.44. The number of thiazole rings is 1. The maximum atomic E-state index is 10.4. The second-order valence-corrected chi connectivity index (χ2v) is 8.15. The van der Waals surface area contributed by atoms with E-state index in [-0.39, 0.29) is 11.8 Å². The molecule has 1 aromatic heterocycles. The molecule has 7 nitrogen and oxygen atoms in total. The molecule has 0 saturated heterocycles. The minimum atomic E-state index is 0.101. The molecule has 0 atom stereocenters. The van der Waals surface area contributed by atoms with E-state index < -0.39 is 0 Å². The van der Waals surface area contributed by atoms with Gasteiger partial charge in [0.1, 0.15) is 23.0 Å². The Bertz CT molecular complexity index is 1150. The number of aromatic hydroxyl groups is 1. The predicted molar refractivity (Wildman–Crippen MR) is 128 cm³/mol. The van der Waals surface area contributed by atoms with Crippen LogP contribution in [-0.4, -0.2) is 42.9 Å². The van der Waals surface area contributed by atoms with Crippen LogP contribution in [0.3, 0.4) is 0 Å². The van der Waals surface area contributed by atoms with Crippen LogP contribution in [0, 0.1) is 0 Å². The van der Waals surface area contributed by atoms with Crippen LogP contribution in [0.25, 0.3) is 11.3 Å². The summed E-state index contributed by atoms with van der Waals surface area (Å²) in [6, 6.07) is 10.9. The number of phenols is 1. The van der Waals surface area contributed by atoms with Crippen LogP contribution in [0.2, 0.25) is 0 Å². The Morgan fingerprint density at radius 2 is 1.88 bits per heavy atom. The van der Waals surface area contributed by atoms with E-state index in [1.165, 1.54) is 11.3 Å². The van der Waals surface area contributed by atoms with Crippen molar-refractivity contribution in [2.45, 2.75) is 33.2 Å². The van der Waals surface area contributed by atoms with Gasteiger partial charge in [-0.2, -0.15) is 5.10 Å². The van der Waals surface area contributed by atoms with Gasteiger partial charge in [0.2, 0.25) is 4.80 Å². The molecule has 0 amide bonds. The summed E-state index contributed by atoms with van der Waals surface area (Å²) in [6.07, 6.45) is 2.52. The van der Waals surface area contributed by atoms with Gasteiger partial charge in [-0.15, -0.1) is 11.3 Å². The Labute approximate surface area is 192 Å². The smallest absolute Gasteiger partial charge is 0.206 e. The number of phenolic OH excluding ortho intramolecular Hbond substituents is 1. The van der Waals surface area contributed by atoms with Crippen LogP contribution in [0.1, 0.15) is 32.8 Å². The normalized spacial score (nSPS) is 12.0. The predicted octanol–water partition coefficient (Wildman–Crippen LogP) is 4.92. The van der Waals surface area contributed by atoms with Gasteiger partial charge < -0.3 is 19.3 Å². The zero-order chi connectivity index (χ0) is 23.1. The third kappa shape index (κ3) is 5.50. The zero-order valence-electron chi connectivity index (χ0n) is 19.0. The van der Waals surface area contributed by atoms with E-state index in [1.54, 1.807) is 37.2 Å². The van der Waals surface area contributed by atoms with Crippen LogP contribution in [0.4, 0.5) is 0 Å². The Hall–Kier alpha value is -3.26. The van der Waals surface area contributed by atoms with E-state index in [9.17, 15) is 5.11 Å². The molecule has 8 heteroatoms. The van der Waals surface area contributed by atoms with Crippen molar-refractivity contribution in [3.05, 3.63) is 52.1 Å². The molecule has 0 saturated carbocycles.